The summed E-state index contributed by atoms with van der Waals surface area (Å²) in [5, 5.41) is 30.2. The molecule has 1 aromatic rings. The zero-order valence-electron chi connectivity index (χ0n) is 11.2. The maximum atomic E-state index is 12.1. The molecule has 0 saturated heterocycles. The van der Waals surface area contributed by atoms with Crippen LogP contribution in [0.3, 0.4) is 0 Å². The van der Waals surface area contributed by atoms with Gasteiger partial charge in [-0.15, -0.1) is 0 Å². The van der Waals surface area contributed by atoms with E-state index in [9.17, 15) is 24.9 Å². The Morgan fingerprint density at radius 1 is 1.45 bits per heavy atom. The van der Waals surface area contributed by atoms with Gasteiger partial charge in [-0.05, 0) is 6.92 Å². The zero-order chi connectivity index (χ0) is 15.0. The maximum Gasteiger partial charge on any atom is 0.167 e. The molecule has 1 aromatic carbocycles. The van der Waals surface area contributed by atoms with Crippen LogP contribution in [-0.4, -0.2) is 34.0 Å². The van der Waals surface area contributed by atoms with Crippen molar-refractivity contribution in [1.82, 2.24) is 0 Å². The number of carbonyl (C=O) groups excluding carboxylic acids is 2. The van der Waals surface area contributed by atoms with E-state index >= 15 is 0 Å². The Labute approximate surface area is 115 Å². The van der Waals surface area contributed by atoms with E-state index in [2.05, 4.69) is 0 Å². The second-order valence-electron chi connectivity index (χ2n) is 4.97. The molecule has 2 unspecified atom stereocenters. The van der Waals surface area contributed by atoms with E-state index in [1.165, 1.54) is 14.0 Å². The van der Waals surface area contributed by atoms with E-state index in [0.717, 1.165) is 6.07 Å². The number of aromatic hydroxyl groups is 2. The second-order valence-corrected chi connectivity index (χ2v) is 4.97. The number of fused-ring (bicyclic) bond motifs is 1. The van der Waals surface area contributed by atoms with E-state index in [1.54, 1.807) is 0 Å². The lowest BCUT2D eigenvalue weighted by atomic mass is 9.77. The van der Waals surface area contributed by atoms with Gasteiger partial charge in [0.25, 0.3) is 0 Å². The van der Waals surface area contributed by atoms with Crippen LogP contribution in [0.15, 0.2) is 6.07 Å². The van der Waals surface area contributed by atoms with Gasteiger partial charge in [0.1, 0.15) is 11.5 Å². The summed E-state index contributed by atoms with van der Waals surface area (Å²) < 4.78 is 4.89. The fraction of sp³-hybridized carbons (Fsp3) is 0.429. The van der Waals surface area contributed by atoms with E-state index in [0.29, 0.717) is 0 Å². The number of carbonyl (C=O) groups is 2. The van der Waals surface area contributed by atoms with Gasteiger partial charge < -0.3 is 24.9 Å². The summed E-state index contributed by atoms with van der Waals surface area (Å²) in [7, 11) is 1.30. The highest BCUT2D eigenvalue weighted by atomic mass is 16.5. The quantitative estimate of drug-likeness (QED) is 0.721. The molecule has 0 bridgehead atoms. The fourth-order valence-corrected chi connectivity index (χ4v) is 2.63. The number of aliphatic hydroxyl groups excluding tert-OH is 1. The Balaban J connectivity index is 2.58. The molecule has 1 aliphatic carbocycles. The van der Waals surface area contributed by atoms with Crippen molar-refractivity contribution in [3.63, 3.8) is 0 Å². The molecule has 20 heavy (non-hydrogen) atoms. The first-order valence-corrected chi connectivity index (χ1v) is 6.20. The molecule has 2 rings (SSSR count). The van der Waals surface area contributed by atoms with E-state index in [4.69, 9.17) is 4.74 Å². The maximum absolute atomic E-state index is 12.1. The van der Waals surface area contributed by atoms with Crippen LogP contribution in [0.25, 0.3) is 0 Å². The van der Waals surface area contributed by atoms with Gasteiger partial charge in [-0.3, -0.25) is 4.79 Å². The molecule has 1 aliphatic rings. The summed E-state index contributed by atoms with van der Waals surface area (Å²) in [4.78, 5) is 23.3. The summed E-state index contributed by atoms with van der Waals surface area (Å²) >= 11 is 0. The van der Waals surface area contributed by atoms with Crippen molar-refractivity contribution in [2.75, 3.05) is 7.11 Å². The van der Waals surface area contributed by atoms with Gasteiger partial charge in [0.05, 0.1) is 18.8 Å². The third-order valence-electron chi connectivity index (χ3n) is 3.52. The molecule has 108 valence electrons. The van der Waals surface area contributed by atoms with Gasteiger partial charge in [-0.1, -0.05) is 0 Å². The third-order valence-corrected chi connectivity index (χ3v) is 3.52. The molecule has 0 spiro atoms. The Morgan fingerprint density at radius 2 is 2.10 bits per heavy atom. The average Bonchev–Trinajstić information content (AvgIpc) is 2.37. The molecule has 2 atom stereocenters. The van der Waals surface area contributed by atoms with Gasteiger partial charge in [0.15, 0.2) is 17.3 Å². The van der Waals surface area contributed by atoms with Crippen LogP contribution in [0, 0.1) is 5.92 Å². The number of phenolic OH excluding ortho intramolecular Hbond substituents is 2. The summed E-state index contributed by atoms with van der Waals surface area (Å²) in [6, 6.07) is 1.13. The van der Waals surface area contributed by atoms with Crippen LogP contribution in [-0.2, 0) is 4.79 Å². The van der Waals surface area contributed by atoms with Gasteiger partial charge in [-0.2, -0.15) is 0 Å². The van der Waals surface area contributed by atoms with Crippen LogP contribution in [0.4, 0.5) is 0 Å². The molecule has 0 saturated carbocycles. The number of ketones is 2. The number of rotatable bonds is 3. The Kier molecular flexibility index (Phi) is 3.67. The van der Waals surface area contributed by atoms with Crippen LogP contribution < -0.4 is 4.74 Å². The number of methoxy groups -OCH3 is 1. The first-order chi connectivity index (χ1) is 9.36. The SMILES string of the molecule is COc1cc(O)c2c(c1O)C(O)C(CC(C)=O)CC2=O. The van der Waals surface area contributed by atoms with Crippen molar-refractivity contribution in [3.05, 3.63) is 17.2 Å². The minimum absolute atomic E-state index is 0.0309. The highest BCUT2D eigenvalue weighted by Crippen LogP contribution is 2.48. The Hall–Kier alpha value is -2.08. The van der Waals surface area contributed by atoms with Crippen molar-refractivity contribution < 1.29 is 29.6 Å². The molecule has 0 aliphatic heterocycles. The molecule has 0 amide bonds. The number of ether oxygens (including phenoxy) is 1. The topological polar surface area (TPSA) is 104 Å². The first-order valence-electron chi connectivity index (χ1n) is 6.20. The monoisotopic (exact) mass is 280 g/mol. The molecule has 0 heterocycles. The lowest BCUT2D eigenvalue weighted by Gasteiger charge is -2.30. The third kappa shape index (κ3) is 2.22. The molecule has 0 aromatic heterocycles. The largest absolute Gasteiger partial charge is 0.507 e. The standard InChI is InChI=1S/C14H16O6/c1-6(15)3-7-4-8(16)11-9(17)5-10(20-2)14(19)12(11)13(7)18/h5,7,13,17-19H,3-4H2,1-2H3. The van der Waals surface area contributed by atoms with Crippen molar-refractivity contribution in [1.29, 1.82) is 0 Å². The number of aliphatic hydroxyl groups is 1. The van der Waals surface area contributed by atoms with E-state index in [-0.39, 0.29) is 47.0 Å². The van der Waals surface area contributed by atoms with Crippen LogP contribution >= 0.6 is 0 Å². The van der Waals surface area contributed by atoms with Gasteiger partial charge in [0, 0.05) is 30.4 Å². The van der Waals surface area contributed by atoms with Crippen LogP contribution in [0.1, 0.15) is 41.8 Å². The number of hydrogen-bond donors (Lipinski definition) is 3. The Morgan fingerprint density at radius 3 is 2.65 bits per heavy atom. The van der Waals surface area contributed by atoms with Gasteiger partial charge >= 0.3 is 0 Å². The molecule has 0 fully saturated rings. The molecule has 0 radical (unpaired) electrons. The number of phenols is 2. The molecular formula is C14H16O6. The van der Waals surface area contributed by atoms with Crippen LogP contribution in [0.5, 0.6) is 17.2 Å². The summed E-state index contributed by atoms with van der Waals surface area (Å²) in [5.74, 6) is -1.93. The van der Waals surface area contributed by atoms with Crippen LogP contribution in [0.2, 0.25) is 0 Å². The zero-order valence-corrected chi connectivity index (χ0v) is 11.2. The van der Waals surface area contributed by atoms with Gasteiger partial charge in [-0.25, -0.2) is 0 Å². The number of benzene rings is 1. The molecular weight excluding hydrogens is 264 g/mol. The number of hydrogen-bond acceptors (Lipinski definition) is 6. The lowest BCUT2D eigenvalue weighted by Crippen LogP contribution is -2.27. The minimum Gasteiger partial charge on any atom is -0.507 e. The summed E-state index contributed by atoms with van der Waals surface area (Å²) in [6.07, 6.45) is -1.22. The smallest absolute Gasteiger partial charge is 0.167 e. The first kappa shape index (κ1) is 14.3. The van der Waals surface area contributed by atoms with Crippen molar-refractivity contribution in [2.24, 2.45) is 5.92 Å². The Bertz CT molecular complexity index is 578. The predicted molar refractivity (Wildman–Crippen MR) is 69.0 cm³/mol. The lowest BCUT2D eigenvalue weighted by molar-refractivity contribution is -0.118. The molecule has 3 N–H and O–H groups in total. The normalized spacial score (nSPS) is 21.4. The average molecular weight is 280 g/mol. The fourth-order valence-electron chi connectivity index (χ4n) is 2.63. The second kappa shape index (κ2) is 5.13. The molecule has 6 heteroatoms. The van der Waals surface area contributed by atoms with E-state index in [1.807, 2.05) is 0 Å². The summed E-state index contributed by atoms with van der Waals surface area (Å²) in [5.41, 5.74) is -0.167. The van der Waals surface area contributed by atoms with Gasteiger partial charge in [0.2, 0.25) is 0 Å². The van der Waals surface area contributed by atoms with Crippen molar-refractivity contribution >= 4 is 11.6 Å². The molecule has 6 nitrogen and oxygen atoms in total. The van der Waals surface area contributed by atoms with Crippen molar-refractivity contribution in [2.45, 2.75) is 25.9 Å². The highest BCUT2D eigenvalue weighted by Gasteiger charge is 2.38. The number of Topliss-reactive ketones (excluding diaryl/α,β-unsaturated/α-hetero) is 2. The predicted octanol–water partition coefficient (Wildman–Crippen LogP) is 1.32. The highest BCUT2D eigenvalue weighted by molar-refractivity contribution is 6.02. The minimum atomic E-state index is -1.20. The van der Waals surface area contributed by atoms with E-state index < -0.39 is 17.8 Å². The van der Waals surface area contributed by atoms with Crippen molar-refractivity contribution in [3.8, 4) is 17.2 Å². The summed E-state index contributed by atoms with van der Waals surface area (Å²) in [6.45, 7) is 1.37.